The van der Waals surface area contributed by atoms with E-state index in [-0.39, 0.29) is 29.4 Å². The number of amides is 3. The molecule has 1 aromatic heterocycles. The fraction of sp³-hybridized carbons (Fsp3) is 0.609. The summed E-state index contributed by atoms with van der Waals surface area (Å²) in [6, 6.07) is -0.283. The lowest BCUT2D eigenvalue weighted by atomic mass is 9.85. The lowest BCUT2D eigenvalue weighted by Gasteiger charge is -2.31. The highest BCUT2D eigenvalue weighted by Gasteiger charge is 2.48. The van der Waals surface area contributed by atoms with E-state index >= 15 is 0 Å². The van der Waals surface area contributed by atoms with Gasteiger partial charge in [-0.3, -0.25) is 38.5 Å². The highest BCUT2D eigenvalue weighted by atomic mass is 16.2. The Kier molecular flexibility index (Phi) is 6.53. The zero-order chi connectivity index (χ0) is 23.7. The average Bonchev–Trinajstić information content (AvgIpc) is 3.40. The quantitative estimate of drug-likeness (QED) is 0.465. The minimum Gasteiger partial charge on any atom is -0.383 e. The molecule has 178 valence electrons. The van der Waals surface area contributed by atoms with Gasteiger partial charge in [0.15, 0.2) is 5.69 Å². The highest BCUT2D eigenvalue weighted by Crippen LogP contribution is 2.36. The molecule has 3 N–H and O–H groups in total. The number of hydrogen-bond donors (Lipinski definition) is 2. The number of carbonyl (C=O) groups is 3. The monoisotopic (exact) mass is 457 g/mol. The van der Waals surface area contributed by atoms with Crippen LogP contribution in [0.5, 0.6) is 0 Å². The van der Waals surface area contributed by atoms with Crippen molar-refractivity contribution in [3.63, 3.8) is 0 Å². The minimum atomic E-state index is -0.734. The molecule has 0 unspecified atom stereocenters. The van der Waals surface area contributed by atoms with Crippen molar-refractivity contribution in [1.82, 2.24) is 14.5 Å². The second-order valence-corrected chi connectivity index (χ2v) is 9.12. The highest BCUT2D eigenvalue weighted by molar-refractivity contribution is 6.09. The van der Waals surface area contributed by atoms with Gasteiger partial charge in [0.25, 0.3) is 5.56 Å². The van der Waals surface area contributed by atoms with Gasteiger partial charge in [-0.05, 0) is 32.1 Å². The summed E-state index contributed by atoms with van der Waals surface area (Å²) in [6.45, 7) is 1.85. The van der Waals surface area contributed by atoms with Crippen LogP contribution in [0.15, 0.2) is 21.7 Å². The molecule has 1 saturated heterocycles. The lowest BCUT2D eigenvalue weighted by Crippen LogP contribution is -2.50. The van der Waals surface area contributed by atoms with Crippen molar-refractivity contribution in [3.8, 4) is 0 Å². The van der Waals surface area contributed by atoms with E-state index < -0.39 is 35.5 Å². The van der Waals surface area contributed by atoms with Crippen LogP contribution in [-0.2, 0) is 20.9 Å². The second kappa shape index (κ2) is 9.36. The maximum Gasteiger partial charge on any atom is 0.330 e. The van der Waals surface area contributed by atoms with Crippen LogP contribution in [0.4, 0.5) is 11.5 Å². The summed E-state index contributed by atoms with van der Waals surface area (Å²) < 4.78 is 1.28. The molecular formula is C23H31N5O5. The normalized spacial score (nSPS) is 22.8. The molecule has 1 aliphatic heterocycles. The summed E-state index contributed by atoms with van der Waals surface area (Å²) in [5.74, 6) is -2.14. The first-order valence-corrected chi connectivity index (χ1v) is 11.8. The number of nitrogen functional groups attached to an aromatic ring is 1. The molecule has 0 spiro atoms. The topological polar surface area (TPSA) is 139 Å². The molecule has 2 fully saturated rings. The van der Waals surface area contributed by atoms with Gasteiger partial charge in [0, 0.05) is 12.6 Å². The molecule has 2 heterocycles. The zero-order valence-electron chi connectivity index (χ0n) is 18.9. The summed E-state index contributed by atoms with van der Waals surface area (Å²) >= 11 is 0. The third kappa shape index (κ3) is 4.14. The fourth-order valence-corrected chi connectivity index (χ4v) is 5.26. The molecule has 10 nitrogen and oxygen atoms in total. The lowest BCUT2D eigenvalue weighted by molar-refractivity contribution is -0.143. The zero-order valence-corrected chi connectivity index (χ0v) is 18.9. The van der Waals surface area contributed by atoms with Crippen LogP contribution >= 0.6 is 0 Å². The molecule has 1 saturated carbocycles. The summed E-state index contributed by atoms with van der Waals surface area (Å²) in [5, 5.41) is 0. The molecule has 3 amide bonds. The number of rotatable bonds is 7. The van der Waals surface area contributed by atoms with E-state index in [2.05, 4.69) is 4.98 Å². The molecule has 0 radical (unpaired) electrons. The Morgan fingerprint density at radius 2 is 1.70 bits per heavy atom. The number of allylic oxidation sites excluding steroid dienone is 2. The SMILES string of the molecule is CCCCn1c(N)c(N(C(=O)CN2C(=O)[C@H]3CC=CC[C@H]3C2=O)C2CCCC2)c(=O)[nH]c1=O. The number of nitrogens with one attached hydrogen (secondary N) is 1. The van der Waals surface area contributed by atoms with Crippen LogP contribution in [-0.4, -0.2) is 44.8 Å². The van der Waals surface area contributed by atoms with Crippen LogP contribution < -0.4 is 21.9 Å². The van der Waals surface area contributed by atoms with Crippen molar-refractivity contribution in [2.75, 3.05) is 17.2 Å². The number of imide groups is 1. The summed E-state index contributed by atoms with van der Waals surface area (Å²) in [6.07, 6.45) is 9.39. The van der Waals surface area contributed by atoms with E-state index in [0.717, 1.165) is 24.2 Å². The van der Waals surface area contributed by atoms with E-state index in [0.29, 0.717) is 38.6 Å². The first-order chi connectivity index (χ1) is 15.8. The van der Waals surface area contributed by atoms with Crippen molar-refractivity contribution >= 4 is 29.2 Å². The number of likely N-dealkylation sites (tertiary alicyclic amines) is 1. The van der Waals surface area contributed by atoms with E-state index in [4.69, 9.17) is 5.73 Å². The summed E-state index contributed by atoms with van der Waals surface area (Å²) in [7, 11) is 0. The Labute approximate surface area is 191 Å². The number of hydrogen-bond acceptors (Lipinski definition) is 6. The molecule has 0 aromatic carbocycles. The van der Waals surface area contributed by atoms with Crippen LogP contribution in [0.1, 0.15) is 58.3 Å². The maximum absolute atomic E-state index is 13.6. The van der Waals surface area contributed by atoms with E-state index in [1.165, 1.54) is 9.47 Å². The molecule has 0 bridgehead atoms. The maximum atomic E-state index is 13.6. The van der Waals surface area contributed by atoms with Crippen molar-refractivity contribution in [3.05, 3.63) is 33.0 Å². The van der Waals surface area contributed by atoms with Gasteiger partial charge in [0.2, 0.25) is 17.7 Å². The average molecular weight is 458 g/mol. The third-order valence-corrected chi connectivity index (χ3v) is 7.04. The molecule has 4 rings (SSSR count). The van der Waals surface area contributed by atoms with E-state index in [1.807, 2.05) is 19.1 Å². The molecule has 3 aliphatic rings. The van der Waals surface area contributed by atoms with E-state index in [1.54, 1.807) is 0 Å². The molecule has 10 heteroatoms. The minimum absolute atomic E-state index is 0.0607. The molecule has 1 aromatic rings. The largest absolute Gasteiger partial charge is 0.383 e. The van der Waals surface area contributed by atoms with Crippen molar-refractivity contribution in [2.45, 2.75) is 70.9 Å². The third-order valence-electron chi connectivity index (χ3n) is 7.04. The number of unbranched alkanes of at least 4 members (excludes halogenated alkanes) is 1. The van der Waals surface area contributed by atoms with E-state index in [9.17, 15) is 24.0 Å². The predicted molar refractivity (Wildman–Crippen MR) is 122 cm³/mol. The van der Waals surface area contributed by atoms with Gasteiger partial charge in [0.05, 0.1) is 11.8 Å². The second-order valence-electron chi connectivity index (χ2n) is 9.12. The standard InChI is InChI=1S/C23H31N5O5/c1-2-3-12-26-19(24)18(20(30)25-23(26)33)28(14-8-4-5-9-14)17(29)13-27-21(31)15-10-6-7-11-16(15)22(27)32/h6-7,14-16H,2-5,8-13,24H2,1H3,(H,25,30,33)/t15-,16+. The van der Waals surface area contributed by atoms with Gasteiger partial charge in [0.1, 0.15) is 12.4 Å². The Hall–Kier alpha value is -3.17. The van der Waals surface area contributed by atoms with Gasteiger partial charge in [-0.1, -0.05) is 38.3 Å². The summed E-state index contributed by atoms with van der Waals surface area (Å²) in [4.78, 5) is 69.2. The molecule has 2 atom stereocenters. The number of nitrogens with zero attached hydrogens (tertiary/aromatic N) is 3. The summed E-state index contributed by atoms with van der Waals surface area (Å²) in [5.41, 5.74) is 4.87. The van der Waals surface area contributed by atoms with Gasteiger partial charge in [-0.25, -0.2) is 4.79 Å². The Bertz CT molecular complexity index is 1070. The number of carbonyl (C=O) groups excluding carboxylic acids is 3. The number of anilines is 2. The van der Waals surface area contributed by atoms with Crippen molar-refractivity contribution in [1.29, 1.82) is 0 Å². The number of aromatic amines is 1. The fourth-order valence-electron chi connectivity index (χ4n) is 5.26. The van der Waals surface area contributed by atoms with Crippen molar-refractivity contribution < 1.29 is 14.4 Å². The Balaban J connectivity index is 1.69. The van der Waals surface area contributed by atoms with Crippen LogP contribution in [0, 0.1) is 11.8 Å². The van der Waals surface area contributed by atoms with Gasteiger partial charge >= 0.3 is 5.69 Å². The Morgan fingerprint density at radius 3 is 2.27 bits per heavy atom. The van der Waals surface area contributed by atoms with Gasteiger partial charge in [-0.2, -0.15) is 0 Å². The van der Waals surface area contributed by atoms with Crippen molar-refractivity contribution in [2.24, 2.45) is 11.8 Å². The van der Waals surface area contributed by atoms with Crippen LogP contribution in [0.2, 0.25) is 0 Å². The first kappa shape index (κ1) is 23.0. The predicted octanol–water partition coefficient (Wildman–Crippen LogP) is 1.15. The van der Waals surface area contributed by atoms with Crippen LogP contribution in [0.25, 0.3) is 0 Å². The Morgan fingerprint density at radius 1 is 1.09 bits per heavy atom. The first-order valence-electron chi connectivity index (χ1n) is 11.8. The van der Waals surface area contributed by atoms with Gasteiger partial charge in [-0.15, -0.1) is 0 Å². The number of aromatic nitrogens is 2. The molecule has 33 heavy (non-hydrogen) atoms. The number of fused-ring (bicyclic) bond motifs is 1. The molecule has 2 aliphatic carbocycles. The number of nitrogens with two attached hydrogens (primary N) is 1. The van der Waals surface area contributed by atoms with Gasteiger partial charge < -0.3 is 5.73 Å². The number of H-pyrrole nitrogens is 1. The van der Waals surface area contributed by atoms with Crippen LogP contribution in [0.3, 0.4) is 0 Å². The smallest absolute Gasteiger partial charge is 0.330 e. The molecular weight excluding hydrogens is 426 g/mol.